The van der Waals surface area contributed by atoms with Crippen molar-refractivity contribution < 1.29 is 13.2 Å². The van der Waals surface area contributed by atoms with Gasteiger partial charge in [0.2, 0.25) is 5.95 Å². The fraction of sp³-hybridized carbons (Fsp3) is 0.458. The van der Waals surface area contributed by atoms with Crippen molar-refractivity contribution in [2.45, 2.75) is 62.3 Å². The molecule has 176 valence electrons. The maximum absolute atomic E-state index is 13.5. The Hall–Kier alpha value is -2.55. The van der Waals surface area contributed by atoms with E-state index in [-0.39, 0.29) is 17.2 Å². The van der Waals surface area contributed by atoms with Crippen molar-refractivity contribution in [1.82, 2.24) is 19.7 Å². The van der Waals surface area contributed by atoms with Crippen molar-refractivity contribution in [3.05, 3.63) is 47.9 Å². The zero-order valence-electron chi connectivity index (χ0n) is 19.0. The molecule has 0 bridgehead atoms. The molecule has 2 aromatic heterocycles. The first-order chi connectivity index (χ1) is 15.7. The Bertz CT molecular complexity index is 1100. The smallest absolute Gasteiger partial charge is 0.324 e. The molecule has 1 aliphatic carbocycles. The van der Waals surface area contributed by atoms with Crippen molar-refractivity contribution in [2.24, 2.45) is 13.0 Å². The lowest BCUT2D eigenvalue weighted by molar-refractivity contribution is -0.137. The number of rotatable bonds is 6. The number of nitrogens with one attached hydrogen (secondary N) is 1. The summed E-state index contributed by atoms with van der Waals surface area (Å²) in [7, 11) is 1.65. The Morgan fingerprint density at radius 3 is 2.52 bits per heavy atom. The minimum atomic E-state index is -4.56. The molecule has 1 fully saturated rings. The van der Waals surface area contributed by atoms with Crippen molar-refractivity contribution in [3.8, 4) is 11.3 Å². The Balaban J connectivity index is 1.52. The first-order valence-corrected chi connectivity index (χ1v) is 12.1. The van der Waals surface area contributed by atoms with Crippen LogP contribution in [0.4, 0.5) is 24.8 Å². The third kappa shape index (κ3) is 5.69. The molecule has 0 aliphatic heterocycles. The molecular formula is C24H28F3N5S. The number of hydrogen-bond donors (Lipinski definition) is 1. The molecule has 0 amide bonds. The van der Waals surface area contributed by atoms with Gasteiger partial charge in [-0.05, 0) is 62.3 Å². The van der Waals surface area contributed by atoms with E-state index in [0.29, 0.717) is 5.25 Å². The van der Waals surface area contributed by atoms with Gasteiger partial charge in [-0.3, -0.25) is 4.68 Å². The van der Waals surface area contributed by atoms with E-state index in [2.05, 4.69) is 39.4 Å². The van der Waals surface area contributed by atoms with Gasteiger partial charge in [-0.25, -0.2) is 9.97 Å². The summed E-state index contributed by atoms with van der Waals surface area (Å²) in [6, 6.07) is 6.11. The molecule has 9 heteroatoms. The predicted molar refractivity (Wildman–Crippen MR) is 126 cm³/mol. The molecular weight excluding hydrogens is 447 g/mol. The van der Waals surface area contributed by atoms with Crippen molar-refractivity contribution >= 4 is 23.4 Å². The van der Waals surface area contributed by atoms with Gasteiger partial charge in [-0.1, -0.05) is 13.3 Å². The van der Waals surface area contributed by atoms with Crippen LogP contribution >= 0.6 is 11.8 Å². The lowest BCUT2D eigenvalue weighted by atomic mass is 9.87. The van der Waals surface area contributed by atoms with E-state index >= 15 is 0 Å². The van der Waals surface area contributed by atoms with Crippen molar-refractivity contribution in [3.63, 3.8) is 0 Å². The Kier molecular flexibility index (Phi) is 6.97. The Morgan fingerprint density at radius 2 is 1.91 bits per heavy atom. The highest BCUT2D eigenvalue weighted by Gasteiger charge is 2.35. The van der Waals surface area contributed by atoms with E-state index < -0.39 is 11.7 Å². The van der Waals surface area contributed by atoms with Gasteiger partial charge in [-0.2, -0.15) is 18.3 Å². The average molecular weight is 476 g/mol. The number of hydrogen-bond acceptors (Lipinski definition) is 5. The number of alkyl halides is 3. The van der Waals surface area contributed by atoms with Crippen LogP contribution in [0.15, 0.2) is 41.7 Å². The van der Waals surface area contributed by atoms with Crippen LogP contribution in [0.1, 0.15) is 50.2 Å². The van der Waals surface area contributed by atoms with E-state index in [1.54, 1.807) is 7.05 Å². The van der Waals surface area contributed by atoms with E-state index in [0.717, 1.165) is 23.4 Å². The average Bonchev–Trinajstić information content (AvgIpc) is 3.21. The number of benzene rings is 1. The summed E-state index contributed by atoms with van der Waals surface area (Å²) in [6.07, 6.45) is 5.51. The van der Waals surface area contributed by atoms with Gasteiger partial charge >= 0.3 is 6.18 Å². The molecule has 1 saturated carbocycles. The molecule has 2 heterocycles. The molecule has 33 heavy (non-hydrogen) atoms. The van der Waals surface area contributed by atoms with E-state index in [1.807, 2.05) is 24.8 Å². The van der Waals surface area contributed by atoms with E-state index in [9.17, 15) is 13.2 Å². The first-order valence-electron chi connectivity index (χ1n) is 11.2. The summed E-state index contributed by atoms with van der Waals surface area (Å²) in [6.45, 7) is 4.25. The second kappa shape index (κ2) is 9.75. The largest absolute Gasteiger partial charge is 0.419 e. The zero-order chi connectivity index (χ0) is 23.6. The van der Waals surface area contributed by atoms with Crippen LogP contribution in [0.2, 0.25) is 0 Å². The third-order valence-electron chi connectivity index (χ3n) is 6.19. The lowest BCUT2D eigenvalue weighted by Gasteiger charge is -2.27. The Labute approximate surface area is 196 Å². The fourth-order valence-corrected chi connectivity index (χ4v) is 5.52. The van der Waals surface area contributed by atoms with Crippen LogP contribution in [0, 0.1) is 12.8 Å². The van der Waals surface area contributed by atoms with Gasteiger partial charge < -0.3 is 5.32 Å². The molecule has 0 saturated heterocycles. The summed E-state index contributed by atoms with van der Waals surface area (Å²) in [4.78, 5) is 9.33. The quantitative estimate of drug-likeness (QED) is 0.416. The van der Waals surface area contributed by atoms with Gasteiger partial charge in [0.15, 0.2) is 0 Å². The van der Waals surface area contributed by atoms with Gasteiger partial charge in [-0.15, -0.1) is 11.8 Å². The van der Waals surface area contributed by atoms with Crippen molar-refractivity contribution in [1.29, 1.82) is 0 Å². The predicted octanol–water partition coefficient (Wildman–Crippen LogP) is 7.01. The molecule has 0 unspecified atom stereocenters. The third-order valence-corrected chi connectivity index (χ3v) is 7.52. The molecule has 0 radical (unpaired) electrons. The highest BCUT2D eigenvalue weighted by atomic mass is 32.2. The number of anilines is 2. The normalized spacial score (nSPS) is 19.0. The molecule has 0 spiro atoms. The maximum atomic E-state index is 13.5. The SMILES string of the molecule is CCC1CCC(Sc2ccc(Nc3ncc(C(F)(F)F)c(-c4cnn(C)c4)n3)c(C)c2)CC1. The first kappa shape index (κ1) is 23.6. The molecule has 3 aromatic rings. The van der Waals surface area contributed by atoms with Crippen LogP contribution in [0.3, 0.4) is 0 Å². The van der Waals surface area contributed by atoms with Crippen LogP contribution < -0.4 is 5.32 Å². The van der Waals surface area contributed by atoms with E-state index in [1.165, 1.54) is 54.1 Å². The summed E-state index contributed by atoms with van der Waals surface area (Å²) < 4.78 is 42.0. The molecule has 5 nitrogen and oxygen atoms in total. The number of halogens is 3. The van der Waals surface area contributed by atoms with Gasteiger partial charge in [0, 0.05) is 40.8 Å². The summed E-state index contributed by atoms with van der Waals surface area (Å²) in [5.74, 6) is 0.985. The Morgan fingerprint density at radius 1 is 1.15 bits per heavy atom. The second-order valence-electron chi connectivity index (χ2n) is 8.63. The van der Waals surface area contributed by atoms with Crippen LogP contribution in [0.5, 0.6) is 0 Å². The summed E-state index contributed by atoms with van der Waals surface area (Å²) in [5.41, 5.74) is 0.971. The second-order valence-corrected chi connectivity index (χ2v) is 10.0. The van der Waals surface area contributed by atoms with Gasteiger partial charge in [0.25, 0.3) is 0 Å². The minimum absolute atomic E-state index is 0.114. The van der Waals surface area contributed by atoms with Gasteiger partial charge in [0.1, 0.15) is 5.56 Å². The summed E-state index contributed by atoms with van der Waals surface area (Å²) in [5, 5.41) is 7.71. The van der Waals surface area contributed by atoms with Crippen LogP contribution in [0.25, 0.3) is 11.3 Å². The standard InChI is InChI=1S/C24H28F3N5S/c1-4-16-5-7-18(8-6-16)33-19-9-10-21(15(2)11-19)30-23-28-13-20(24(25,26)27)22(31-23)17-12-29-32(3)14-17/h9-14,16,18H,4-8H2,1-3H3,(H,28,30,31). The molecule has 0 atom stereocenters. The molecule has 1 aliphatic rings. The van der Waals surface area contributed by atoms with Gasteiger partial charge in [0.05, 0.1) is 11.9 Å². The fourth-order valence-electron chi connectivity index (χ4n) is 4.23. The van der Waals surface area contributed by atoms with Crippen LogP contribution in [-0.2, 0) is 13.2 Å². The summed E-state index contributed by atoms with van der Waals surface area (Å²) >= 11 is 1.92. The molecule has 1 N–H and O–H groups in total. The van der Waals surface area contributed by atoms with E-state index in [4.69, 9.17) is 0 Å². The van der Waals surface area contributed by atoms with Crippen molar-refractivity contribution in [2.75, 3.05) is 5.32 Å². The number of thioether (sulfide) groups is 1. The highest BCUT2D eigenvalue weighted by molar-refractivity contribution is 8.00. The number of aryl methyl sites for hydroxylation is 2. The lowest BCUT2D eigenvalue weighted by Crippen LogP contribution is -2.15. The molecule has 1 aromatic carbocycles. The highest BCUT2D eigenvalue weighted by Crippen LogP contribution is 2.39. The number of aromatic nitrogens is 4. The maximum Gasteiger partial charge on any atom is 0.419 e. The minimum Gasteiger partial charge on any atom is -0.324 e. The molecule has 4 rings (SSSR count). The number of nitrogens with zero attached hydrogens (tertiary/aromatic N) is 4. The van der Waals surface area contributed by atoms with Crippen LogP contribution in [-0.4, -0.2) is 25.0 Å². The monoisotopic (exact) mass is 475 g/mol. The topological polar surface area (TPSA) is 55.6 Å². The zero-order valence-corrected chi connectivity index (χ0v) is 19.8.